The first-order chi connectivity index (χ1) is 12.7. The van der Waals surface area contributed by atoms with Crippen molar-refractivity contribution >= 4 is 12.0 Å². The average molecular weight is 390 g/mol. The largest absolute Gasteiger partial charge is 0.573 e. The van der Waals surface area contributed by atoms with Gasteiger partial charge < -0.3 is 19.3 Å². The van der Waals surface area contributed by atoms with Gasteiger partial charge in [-0.05, 0) is 30.7 Å². The highest BCUT2D eigenvalue weighted by atomic mass is 19.4. The molecule has 1 aromatic carbocycles. The van der Waals surface area contributed by atoms with Crippen LogP contribution in [0.15, 0.2) is 24.3 Å². The normalized spacial score (nSPS) is 23.5. The molecule has 0 unspecified atom stereocenters. The molecule has 0 radical (unpaired) electrons. The van der Waals surface area contributed by atoms with Gasteiger partial charge in [0.05, 0.1) is 12.6 Å². The Morgan fingerprint density at radius 1 is 1.11 bits per heavy atom. The van der Waals surface area contributed by atoms with E-state index >= 15 is 0 Å². The minimum atomic E-state index is -4.82. The highest BCUT2D eigenvalue weighted by Gasteiger charge is 2.37. The van der Waals surface area contributed by atoms with Crippen LogP contribution in [-0.2, 0) is 4.79 Å². The number of rotatable bonds is 3. The first-order valence-corrected chi connectivity index (χ1v) is 8.47. The van der Waals surface area contributed by atoms with E-state index in [1.54, 1.807) is 4.90 Å². The molecule has 0 bridgehead atoms. The van der Waals surface area contributed by atoms with E-state index in [0.717, 1.165) is 24.3 Å². The van der Waals surface area contributed by atoms with E-state index in [0.29, 0.717) is 19.4 Å². The number of hydrogen-bond donors (Lipinski definition) is 0. The third-order valence-electron chi connectivity index (χ3n) is 4.45. The maximum atomic E-state index is 14.1. The van der Waals surface area contributed by atoms with Gasteiger partial charge in [0.2, 0.25) is 5.91 Å². The number of alkyl halides is 4. The van der Waals surface area contributed by atoms with Gasteiger partial charge in [0.1, 0.15) is 17.7 Å². The van der Waals surface area contributed by atoms with Gasteiger partial charge in [-0.25, -0.2) is 9.18 Å². The summed E-state index contributed by atoms with van der Waals surface area (Å²) >= 11 is 0. The summed E-state index contributed by atoms with van der Waals surface area (Å²) < 4.78 is 59.3. The van der Waals surface area contributed by atoms with E-state index in [4.69, 9.17) is 4.74 Å². The third kappa shape index (κ3) is 5.01. The molecule has 0 saturated carbocycles. The Morgan fingerprint density at radius 2 is 1.78 bits per heavy atom. The molecular formula is C17H18F4N2O4. The van der Waals surface area contributed by atoms with Gasteiger partial charge in [0.15, 0.2) is 0 Å². The zero-order valence-corrected chi connectivity index (χ0v) is 14.2. The number of carbonyl (C=O) groups excluding carboxylic acids is 2. The molecule has 1 aromatic rings. The van der Waals surface area contributed by atoms with Gasteiger partial charge in [-0.15, -0.1) is 13.2 Å². The lowest BCUT2D eigenvalue weighted by Crippen LogP contribution is -2.54. The Morgan fingerprint density at radius 3 is 2.37 bits per heavy atom. The summed E-state index contributed by atoms with van der Waals surface area (Å²) in [5.74, 6) is -0.497. The summed E-state index contributed by atoms with van der Waals surface area (Å²) in [6.45, 7) is 0.534. The first-order valence-electron chi connectivity index (χ1n) is 8.47. The number of piperidine rings is 1. The van der Waals surface area contributed by atoms with Crippen LogP contribution in [0, 0.1) is 0 Å². The van der Waals surface area contributed by atoms with Crippen molar-refractivity contribution in [2.45, 2.75) is 37.8 Å². The molecule has 2 aliphatic rings. The fourth-order valence-corrected chi connectivity index (χ4v) is 3.32. The van der Waals surface area contributed by atoms with E-state index < -0.39 is 30.4 Å². The maximum Gasteiger partial charge on any atom is 0.573 e. The molecule has 2 aliphatic heterocycles. The summed E-state index contributed by atoms with van der Waals surface area (Å²) in [6.07, 6.45) is -5.62. The first kappa shape index (κ1) is 19.2. The summed E-state index contributed by atoms with van der Waals surface area (Å²) in [5, 5.41) is 0. The predicted octanol–water partition coefficient (Wildman–Crippen LogP) is 3.12. The lowest BCUT2D eigenvalue weighted by Gasteiger charge is -2.38. The van der Waals surface area contributed by atoms with Gasteiger partial charge >= 0.3 is 12.5 Å². The molecule has 0 aromatic heterocycles. The molecular weight excluding hydrogens is 372 g/mol. The van der Waals surface area contributed by atoms with Crippen molar-refractivity contribution in [1.29, 1.82) is 0 Å². The fourth-order valence-electron chi connectivity index (χ4n) is 3.32. The molecule has 0 aliphatic carbocycles. The molecule has 10 heteroatoms. The number of carbonyl (C=O) groups is 2. The highest BCUT2D eigenvalue weighted by Crippen LogP contribution is 2.26. The van der Waals surface area contributed by atoms with Crippen molar-refractivity contribution in [1.82, 2.24) is 9.80 Å². The van der Waals surface area contributed by atoms with Crippen LogP contribution in [0.1, 0.15) is 19.3 Å². The average Bonchev–Trinajstić information content (AvgIpc) is 3.01. The Bertz CT molecular complexity index is 695. The van der Waals surface area contributed by atoms with Crippen LogP contribution < -0.4 is 9.47 Å². The smallest absolute Gasteiger partial charge is 0.410 e. The minimum Gasteiger partial charge on any atom is -0.410 e. The standard InChI is InChI=1S/C17H18F4N2O4/c18-11-8-12(23-7-1-2-15(23)24)10-22(9-11)16(25)26-13-3-5-14(6-4-13)27-17(19,20)21/h3-6,11-12H,1-2,7-10H2/t11-,12+/m0/s1. The van der Waals surface area contributed by atoms with Crippen LogP contribution >= 0.6 is 0 Å². The quantitative estimate of drug-likeness (QED) is 0.745. The number of likely N-dealkylation sites (tertiary alicyclic amines) is 2. The number of nitrogens with zero attached hydrogens (tertiary/aromatic N) is 2. The second-order valence-corrected chi connectivity index (χ2v) is 6.47. The SMILES string of the molecule is O=C(Oc1ccc(OC(F)(F)F)cc1)N1C[C@@H](F)C[C@@H](N2CCCC2=O)C1. The molecule has 2 saturated heterocycles. The van der Waals surface area contributed by atoms with Crippen LogP contribution in [0.2, 0.25) is 0 Å². The topological polar surface area (TPSA) is 59.1 Å². The molecule has 2 fully saturated rings. The van der Waals surface area contributed by atoms with Crippen molar-refractivity contribution < 1.29 is 36.6 Å². The van der Waals surface area contributed by atoms with Crippen molar-refractivity contribution in [3.63, 3.8) is 0 Å². The fraction of sp³-hybridized carbons (Fsp3) is 0.529. The number of benzene rings is 1. The van der Waals surface area contributed by atoms with Crippen LogP contribution in [0.4, 0.5) is 22.4 Å². The lowest BCUT2D eigenvalue weighted by molar-refractivity contribution is -0.274. The van der Waals surface area contributed by atoms with E-state index in [1.165, 1.54) is 4.90 Å². The van der Waals surface area contributed by atoms with E-state index in [9.17, 15) is 27.2 Å². The van der Waals surface area contributed by atoms with Crippen molar-refractivity contribution in [2.75, 3.05) is 19.6 Å². The molecule has 2 heterocycles. The highest BCUT2D eigenvalue weighted by molar-refractivity contribution is 5.78. The van der Waals surface area contributed by atoms with Crippen LogP contribution in [-0.4, -0.2) is 60.0 Å². The van der Waals surface area contributed by atoms with Gasteiger partial charge in [-0.2, -0.15) is 0 Å². The summed E-state index contributed by atoms with van der Waals surface area (Å²) in [4.78, 5) is 26.9. The van der Waals surface area contributed by atoms with Crippen molar-refractivity contribution in [3.05, 3.63) is 24.3 Å². The molecule has 3 rings (SSSR count). The molecule has 27 heavy (non-hydrogen) atoms. The second-order valence-electron chi connectivity index (χ2n) is 6.47. The molecule has 2 amide bonds. The minimum absolute atomic E-state index is 0.00399. The van der Waals surface area contributed by atoms with Gasteiger partial charge in [-0.1, -0.05) is 0 Å². The Hall–Kier alpha value is -2.52. The van der Waals surface area contributed by atoms with Crippen molar-refractivity contribution in [2.24, 2.45) is 0 Å². The molecule has 0 spiro atoms. The van der Waals surface area contributed by atoms with E-state index in [1.807, 2.05) is 0 Å². The molecule has 2 atom stereocenters. The zero-order valence-electron chi connectivity index (χ0n) is 14.2. The zero-order chi connectivity index (χ0) is 19.6. The third-order valence-corrected chi connectivity index (χ3v) is 4.45. The van der Waals surface area contributed by atoms with E-state index in [-0.39, 0.29) is 31.2 Å². The summed E-state index contributed by atoms with van der Waals surface area (Å²) in [6, 6.07) is 3.92. The van der Waals surface area contributed by atoms with Crippen LogP contribution in [0.25, 0.3) is 0 Å². The number of ether oxygens (including phenoxy) is 2. The van der Waals surface area contributed by atoms with Gasteiger partial charge in [0.25, 0.3) is 0 Å². The molecule has 148 valence electrons. The summed E-state index contributed by atoms with van der Waals surface area (Å²) in [7, 11) is 0. The van der Waals surface area contributed by atoms with Gasteiger partial charge in [-0.3, -0.25) is 4.79 Å². The number of hydrogen-bond acceptors (Lipinski definition) is 4. The Balaban J connectivity index is 1.60. The molecule has 6 nitrogen and oxygen atoms in total. The lowest BCUT2D eigenvalue weighted by atomic mass is 10.0. The summed E-state index contributed by atoms with van der Waals surface area (Å²) in [5.41, 5.74) is 0. The van der Waals surface area contributed by atoms with E-state index in [2.05, 4.69) is 4.74 Å². The molecule has 0 N–H and O–H groups in total. The second kappa shape index (κ2) is 7.61. The Kier molecular flexibility index (Phi) is 5.43. The van der Waals surface area contributed by atoms with Crippen LogP contribution in [0.5, 0.6) is 11.5 Å². The van der Waals surface area contributed by atoms with Crippen LogP contribution in [0.3, 0.4) is 0 Å². The van der Waals surface area contributed by atoms with Gasteiger partial charge in [0, 0.05) is 25.9 Å². The Labute approximate surface area is 152 Å². The number of amides is 2. The van der Waals surface area contributed by atoms with Crippen molar-refractivity contribution in [3.8, 4) is 11.5 Å². The maximum absolute atomic E-state index is 14.1. The predicted molar refractivity (Wildman–Crippen MR) is 85.0 cm³/mol. The number of halogens is 4. The monoisotopic (exact) mass is 390 g/mol.